The Morgan fingerprint density at radius 2 is 2.21 bits per heavy atom. The topological polar surface area (TPSA) is 79.4 Å². The lowest BCUT2D eigenvalue weighted by molar-refractivity contribution is 0.0559. The lowest BCUT2D eigenvalue weighted by atomic mass is 10.3. The van der Waals surface area contributed by atoms with E-state index in [1.807, 2.05) is 13.0 Å². The third-order valence-electron chi connectivity index (χ3n) is 2.57. The second-order valence-electron chi connectivity index (χ2n) is 4.01. The van der Waals surface area contributed by atoms with Crippen LogP contribution in [-0.4, -0.2) is 35.0 Å². The molecule has 102 valence electrons. The maximum Gasteiger partial charge on any atom is 0.376 e. The van der Waals surface area contributed by atoms with E-state index in [-0.39, 0.29) is 12.4 Å². The number of esters is 1. The smallest absolute Gasteiger partial charge is 0.376 e. The lowest BCUT2D eigenvalue weighted by Crippen LogP contribution is -2.04. The minimum Gasteiger partial charge on any atom is -0.463 e. The zero-order chi connectivity index (χ0) is 14.0. The largest absolute Gasteiger partial charge is 0.463 e. The SMILES string of the molecule is COCc1nc(-c2cc(C)nn2C)oc1C(=O)OC. The van der Waals surface area contributed by atoms with Crippen LogP contribution in [0.5, 0.6) is 0 Å². The van der Waals surface area contributed by atoms with Crippen LogP contribution in [0, 0.1) is 6.92 Å². The van der Waals surface area contributed by atoms with Gasteiger partial charge in [0.2, 0.25) is 11.7 Å². The molecule has 0 fully saturated rings. The molecular weight excluding hydrogens is 250 g/mol. The van der Waals surface area contributed by atoms with Crippen molar-refractivity contribution in [2.24, 2.45) is 7.05 Å². The molecule has 0 radical (unpaired) electrons. The van der Waals surface area contributed by atoms with Crippen LogP contribution in [0.3, 0.4) is 0 Å². The molecule has 7 heteroatoms. The van der Waals surface area contributed by atoms with Crippen LogP contribution >= 0.6 is 0 Å². The number of aryl methyl sites for hydroxylation is 2. The van der Waals surface area contributed by atoms with Gasteiger partial charge < -0.3 is 13.9 Å². The summed E-state index contributed by atoms with van der Waals surface area (Å²) >= 11 is 0. The summed E-state index contributed by atoms with van der Waals surface area (Å²) in [5.74, 6) is -0.210. The molecule has 19 heavy (non-hydrogen) atoms. The Morgan fingerprint density at radius 1 is 1.47 bits per heavy atom. The summed E-state index contributed by atoms with van der Waals surface area (Å²) in [6.07, 6.45) is 0. The van der Waals surface area contributed by atoms with E-state index in [2.05, 4.69) is 14.8 Å². The minimum absolute atomic E-state index is 0.0539. The van der Waals surface area contributed by atoms with E-state index in [0.29, 0.717) is 17.3 Å². The van der Waals surface area contributed by atoms with Gasteiger partial charge in [0.25, 0.3) is 0 Å². The number of hydrogen-bond donors (Lipinski definition) is 0. The van der Waals surface area contributed by atoms with Crippen molar-refractivity contribution in [3.8, 4) is 11.6 Å². The predicted molar refractivity (Wildman–Crippen MR) is 65.5 cm³/mol. The molecule has 0 aliphatic carbocycles. The van der Waals surface area contributed by atoms with Crippen molar-refractivity contribution in [2.45, 2.75) is 13.5 Å². The highest BCUT2D eigenvalue weighted by atomic mass is 16.5. The Labute approximate surface area is 110 Å². The van der Waals surface area contributed by atoms with Gasteiger partial charge in [-0.3, -0.25) is 4.68 Å². The molecule has 0 saturated heterocycles. The average molecular weight is 265 g/mol. The molecule has 0 aliphatic heterocycles. The number of methoxy groups -OCH3 is 2. The molecule has 0 bridgehead atoms. The van der Waals surface area contributed by atoms with Gasteiger partial charge in [0.05, 0.1) is 19.4 Å². The third-order valence-corrected chi connectivity index (χ3v) is 2.57. The summed E-state index contributed by atoms with van der Waals surface area (Å²) in [6.45, 7) is 2.04. The first-order chi connectivity index (χ1) is 9.06. The first-order valence-corrected chi connectivity index (χ1v) is 5.64. The van der Waals surface area contributed by atoms with E-state index >= 15 is 0 Å². The van der Waals surface area contributed by atoms with Crippen molar-refractivity contribution in [3.63, 3.8) is 0 Å². The van der Waals surface area contributed by atoms with Crippen molar-refractivity contribution in [2.75, 3.05) is 14.2 Å². The fourth-order valence-electron chi connectivity index (χ4n) is 1.76. The number of carbonyl (C=O) groups is 1. The highest BCUT2D eigenvalue weighted by Crippen LogP contribution is 2.23. The quantitative estimate of drug-likeness (QED) is 0.776. The van der Waals surface area contributed by atoms with Crippen LogP contribution in [0.25, 0.3) is 11.6 Å². The number of carbonyl (C=O) groups excluding carboxylic acids is 1. The first kappa shape index (κ1) is 13.3. The van der Waals surface area contributed by atoms with Gasteiger partial charge in [-0.05, 0) is 13.0 Å². The van der Waals surface area contributed by atoms with Gasteiger partial charge in [0, 0.05) is 14.2 Å². The molecule has 0 spiro atoms. The first-order valence-electron chi connectivity index (χ1n) is 5.64. The van der Waals surface area contributed by atoms with E-state index in [1.54, 1.807) is 11.7 Å². The van der Waals surface area contributed by atoms with E-state index < -0.39 is 5.97 Å². The summed E-state index contributed by atoms with van der Waals surface area (Å²) in [5.41, 5.74) is 1.93. The van der Waals surface area contributed by atoms with Crippen molar-refractivity contribution < 1.29 is 18.7 Å². The normalized spacial score (nSPS) is 10.7. The van der Waals surface area contributed by atoms with E-state index in [9.17, 15) is 4.79 Å². The van der Waals surface area contributed by atoms with Gasteiger partial charge in [-0.25, -0.2) is 9.78 Å². The number of nitrogens with zero attached hydrogens (tertiary/aromatic N) is 3. The Balaban J connectivity index is 2.48. The number of oxazole rings is 1. The van der Waals surface area contributed by atoms with Gasteiger partial charge in [-0.1, -0.05) is 0 Å². The van der Waals surface area contributed by atoms with Crippen LogP contribution in [0.1, 0.15) is 21.9 Å². The molecule has 2 aromatic rings. The maximum absolute atomic E-state index is 11.6. The van der Waals surface area contributed by atoms with Gasteiger partial charge in [0.1, 0.15) is 11.4 Å². The summed E-state index contributed by atoms with van der Waals surface area (Å²) in [7, 11) is 4.58. The van der Waals surface area contributed by atoms with Crippen LogP contribution in [-0.2, 0) is 23.1 Å². The van der Waals surface area contributed by atoms with Crippen LogP contribution < -0.4 is 0 Å². The number of aromatic nitrogens is 3. The highest BCUT2D eigenvalue weighted by Gasteiger charge is 2.23. The monoisotopic (exact) mass is 265 g/mol. The van der Waals surface area contributed by atoms with Gasteiger partial charge >= 0.3 is 5.97 Å². The molecule has 0 saturated carbocycles. The van der Waals surface area contributed by atoms with Gasteiger partial charge in [-0.2, -0.15) is 5.10 Å². The molecule has 0 aliphatic rings. The Kier molecular flexibility index (Phi) is 3.66. The highest BCUT2D eigenvalue weighted by molar-refractivity contribution is 5.87. The standard InChI is InChI=1S/C12H15N3O4/c1-7-5-9(15(2)14-7)11-13-8(6-17-3)10(19-11)12(16)18-4/h5H,6H2,1-4H3. The predicted octanol–water partition coefficient (Wildman–Crippen LogP) is 1.32. The van der Waals surface area contributed by atoms with E-state index in [4.69, 9.17) is 9.15 Å². The number of rotatable bonds is 4. The zero-order valence-corrected chi connectivity index (χ0v) is 11.3. The van der Waals surface area contributed by atoms with Crippen LogP contribution in [0.15, 0.2) is 10.5 Å². The fourth-order valence-corrected chi connectivity index (χ4v) is 1.76. The molecule has 0 atom stereocenters. The molecule has 0 unspecified atom stereocenters. The molecule has 2 aromatic heterocycles. The molecule has 2 rings (SSSR count). The zero-order valence-electron chi connectivity index (χ0n) is 11.3. The van der Waals surface area contributed by atoms with E-state index in [0.717, 1.165) is 5.69 Å². The van der Waals surface area contributed by atoms with Crippen molar-refractivity contribution in [1.29, 1.82) is 0 Å². The van der Waals surface area contributed by atoms with Crippen molar-refractivity contribution >= 4 is 5.97 Å². The van der Waals surface area contributed by atoms with E-state index in [1.165, 1.54) is 14.2 Å². The number of hydrogen-bond acceptors (Lipinski definition) is 6. The Bertz CT molecular complexity index is 600. The van der Waals surface area contributed by atoms with Crippen LogP contribution in [0.2, 0.25) is 0 Å². The summed E-state index contributed by atoms with van der Waals surface area (Å²) in [5, 5.41) is 4.21. The summed E-state index contributed by atoms with van der Waals surface area (Å²) < 4.78 is 16.8. The average Bonchev–Trinajstić information content (AvgIpc) is 2.92. The molecule has 2 heterocycles. The van der Waals surface area contributed by atoms with Gasteiger partial charge in [0.15, 0.2) is 0 Å². The fraction of sp³-hybridized carbons (Fsp3) is 0.417. The minimum atomic E-state index is -0.579. The van der Waals surface area contributed by atoms with Crippen LogP contribution in [0.4, 0.5) is 0 Å². The third kappa shape index (κ3) is 2.50. The molecule has 0 aromatic carbocycles. The summed E-state index contributed by atoms with van der Waals surface area (Å²) in [6, 6.07) is 1.82. The maximum atomic E-state index is 11.6. The van der Waals surface area contributed by atoms with Crippen molar-refractivity contribution in [1.82, 2.24) is 14.8 Å². The Hall–Kier alpha value is -2.15. The second-order valence-corrected chi connectivity index (χ2v) is 4.01. The van der Waals surface area contributed by atoms with Crippen molar-refractivity contribution in [3.05, 3.63) is 23.2 Å². The lowest BCUT2D eigenvalue weighted by Gasteiger charge is -1.96. The second kappa shape index (κ2) is 5.23. The molecule has 0 N–H and O–H groups in total. The molecule has 0 amide bonds. The summed E-state index contributed by atoms with van der Waals surface area (Å²) in [4.78, 5) is 15.9. The Morgan fingerprint density at radius 3 is 2.74 bits per heavy atom. The number of ether oxygens (including phenoxy) is 2. The van der Waals surface area contributed by atoms with Gasteiger partial charge in [-0.15, -0.1) is 0 Å². The molecular formula is C12H15N3O4. The molecule has 7 nitrogen and oxygen atoms in total.